The number of aryl methyl sites for hydroxylation is 1. The van der Waals surface area contributed by atoms with Crippen LogP contribution in [0.3, 0.4) is 0 Å². The molecule has 0 aliphatic heterocycles. The van der Waals surface area contributed by atoms with E-state index in [4.69, 9.17) is 4.98 Å². The summed E-state index contributed by atoms with van der Waals surface area (Å²) < 4.78 is 0. The van der Waals surface area contributed by atoms with Gasteiger partial charge in [-0.15, -0.1) is 0 Å². The van der Waals surface area contributed by atoms with Crippen LogP contribution < -0.4 is 0 Å². The summed E-state index contributed by atoms with van der Waals surface area (Å²) in [5.74, 6) is 0. The smallest absolute Gasteiger partial charge is 0.0847 e. The van der Waals surface area contributed by atoms with Crippen LogP contribution in [0.25, 0.3) is 10.9 Å². The molecule has 1 aromatic heterocycles. The van der Waals surface area contributed by atoms with Crippen LogP contribution in [0.15, 0.2) is 24.3 Å². The highest BCUT2D eigenvalue weighted by Gasteiger charge is 2.24. The molecule has 0 radical (unpaired) electrons. The van der Waals surface area contributed by atoms with E-state index >= 15 is 0 Å². The van der Waals surface area contributed by atoms with Gasteiger partial charge in [-0.25, -0.2) is 0 Å². The normalized spacial score (nSPS) is 12.9. The van der Waals surface area contributed by atoms with Crippen molar-refractivity contribution in [3.63, 3.8) is 0 Å². The van der Waals surface area contributed by atoms with Crippen LogP contribution in [0.1, 0.15) is 58.4 Å². The summed E-state index contributed by atoms with van der Waals surface area (Å²) in [6, 6.07) is 8.40. The molecular formula is C18H25NO. The van der Waals surface area contributed by atoms with E-state index in [1.807, 2.05) is 13.8 Å². The summed E-state index contributed by atoms with van der Waals surface area (Å²) >= 11 is 0. The Morgan fingerprint density at radius 3 is 2.20 bits per heavy atom. The lowest BCUT2D eigenvalue weighted by Gasteiger charge is -2.25. The maximum Gasteiger partial charge on any atom is 0.0847 e. The van der Waals surface area contributed by atoms with Gasteiger partial charge in [0.15, 0.2) is 0 Å². The van der Waals surface area contributed by atoms with Gasteiger partial charge < -0.3 is 5.11 Å². The topological polar surface area (TPSA) is 33.1 Å². The van der Waals surface area contributed by atoms with Gasteiger partial charge in [0.2, 0.25) is 0 Å². The van der Waals surface area contributed by atoms with Gasteiger partial charge in [-0.05, 0) is 49.6 Å². The first-order valence-electron chi connectivity index (χ1n) is 7.30. The van der Waals surface area contributed by atoms with Crippen molar-refractivity contribution in [2.45, 2.75) is 59.0 Å². The monoisotopic (exact) mass is 271 g/mol. The van der Waals surface area contributed by atoms with Crippen molar-refractivity contribution in [3.8, 4) is 0 Å². The molecule has 0 amide bonds. The van der Waals surface area contributed by atoms with Gasteiger partial charge in [0.05, 0.1) is 11.1 Å². The fraction of sp³-hybridized carbons (Fsp3) is 0.500. The minimum absolute atomic E-state index is 0.0301. The first kappa shape index (κ1) is 15.0. The second kappa shape index (κ2) is 4.85. The molecular weight excluding hydrogens is 246 g/mol. The predicted octanol–water partition coefficient (Wildman–Crippen LogP) is 4.32. The molecule has 2 heteroatoms. The molecule has 20 heavy (non-hydrogen) atoms. The van der Waals surface area contributed by atoms with E-state index in [2.05, 4.69) is 52.0 Å². The highest BCUT2D eigenvalue weighted by molar-refractivity contribution is 5.84. The van der Waals surface area contributed by atoms with E-state index in [9.17, 15) is 5.11 Å². The Hall–Kier alpha value is -1.41. The zero-order chi connectivity index (χ0) is 15.1. The summed E-state index contributed by atoms with van der Waals surface area (Å²) in [6.45, 7) is 12.3. The fourth-order valence-electron chi connectivity index (χ4n) is 2.38. The predicted molar refractivity (Wildman–Crippen MR) is 85.1 cm³/mol. The van der Waals surface area contributed by atoms with Gasteiger partial charge in [-0.2, -0.15) is 0 Å². The summed E-state index contributed by atoms with van der Waals surface area (Å²) in [5.41, 5.74) is 3.32. The van der Waals surface area contributed by atoms with Crippen LogP contribution in [0.5, 0.6) is 0 Å². The average molecular weight is 271 g/mol. The van der Waals surface area contributed by atoms with E-state index in [1.165, 1.54) is 5.56 Å². The molecule has 0 fully saturated rings. The van der Waals surface area contributed by atoms with Gasteiger partial charge >= 0.3 is 0 Å². The molecule has 1 aromatic carbocycles. The van der Waals surface area contributed by atoms with Crippen molar-refractivity contribution < 1.29 is 5.11 Å². The van der Waals surface area contributed by atoms with Gasteiger partial charge in [-0.3, -0.25) is 4.98 Å². The maximum atomic E-state index is 10.5. The van der Waals surface area contributed by atoms with E-state index in [-0.39, 0.29) is 5.41 Å². The van der Waals surface area contributed by atoms with Crippen LogP contribution in [0, 0.1) is 0 Å². The van der Waals surface area contributed by atoms with Gasteiger partial charge in [0, 0.05) is 16.5 Å². The van der Waals surface area contributed by atoms with E-state index in [1.54, 1.807) is 0 Å². The molecule has 0 aliphatic rings. The van der Waals surface area contributed by atoms with Gasteiger partial charge in [0.1, 0.15) is 0 Å². The lowest BCUT2D eigenvalue weighted by Crippen LogP contribution is -2.20. The SMILES string of the molecule is CCc1ccc2nc(C(C)(C)C)cc(C(C)(C)O)c2c1. The quantitative estimate of drug-likeness (QED) is 0.882. The summed E-state index contributed by atoms with van der Waals surface area (Å²) in [6.07, 6.45) is 0.988. The van der Waals surface area contributed by atoms with Crippen LogP contribution in [-0.2, 0) is 17.4 Å². The summed E-state index contributed by atoms with van der Waals surface area (Å²) in [4.78, 5) is 4.78. The van der Waals surface area contributed by atoms with E-state index in [0.717, 1.165) is 28.6 Å². The molecule has 0 spiro atoms. The zero-order valence-electron chi connectivity index (χ0n) is 13.4. The highest BCUT2D eigenvalue weighted by atomic mass is 16.3. The van der Waals surface area contributed by atoms with Crippen molar-refractivity contribution >= 4 is 10.9 Å². The van der Waals surface area contributed by atoms with Crippen LogP contribution in [0.4, 0.5) is 0 Å². The third-order valence-corrected chi connectivity index (χ3v) is 3.71. The molecule has 2 aromatic rings. The molecule has 2 nitrogen and oxygen atoms in total. The van der Waals surface area contributed by atoms with Crippen molar-refractivity contribution in [3.05, 3.63) is 41.1 Å². The lowest BCUT2D eigenvalue weighted by molar-refractivity contribution is 0.0800. The minimum Gasteiger partial charge on any atom is -0.386 e. The Morgan fingerprint density at radius 1 is 1.05 bits per heavy atom. The van der Waals surface area contributed by atoms with E-state index < -0.39 is 5.60 Å². The first-order chi connectivity index (χ1) is 9.13. The standard InChI is InChI=1S/C18H25NO/c1-7-12-8-9-15-13(10-12)14(18(5,6)20)11-16(19-15)17(2,3)4/h8-11,20H,7H2,1-6H3. The molecule has 1 N–H and O–H groups in total. The Kier molecular flexibility index (Phi) is 3.64. The van der Waals surface area contributed by atoms with Crippen molar-refractivity contribution in [2.24, 2.45) is 0 Å². The van der Waals surface area contributed by atoms with Crippen molar-refractivity contribution in [1.82, 2.24) is 4.98 Å². The second-order valence-corrected chi connectivity index (χ2v) is 7.07. The second-order valence-electron chi connectivity index (χ2n) is 7.07. The third kappa shape index (κ3) is 2.85. The number of nitrogens with zero attached hydrogens (tertiary/aromatic N) is 1. The molecule has 108 valence electrons. The van der Waals surface area contributed by atoms with Gasteiger partial charge in [-0.1, -0.05) is 33.8 Å². The minimum atomic E-state index is -0.868. The van der Waals surface area contributed by atoms with Crippen LogP contribution in [0.2, 0.25) is 0 Å². The Labute approximate surface area is 121 Å². The Balaban J connectivity index is 2.82. The van der Waals surface area contributed by atoms with Crippen molar-refractivity contribution in [2.75, 3.05) is 0 Å². The summed E-state index contributed by atoms with van der Waals surface area (Å²) in [7, 11) is 0. The molecule has 0 saturated heterocycles. The summed E-state index contributed by atoms with van der Waals surface area (Å²) in [5, 5.41) is 11.6. The Morgan fingerprint density at radius 2 is 1.70 bits per heavy atom. The third-order valence-electron chi connectivity index (χ3n) is 3.71. The molecule has 0 unspecified atom stereocenters. The number of rotatable bonds is 2. The molecule has 0 aliphatic carbocycles. The Bertz CT molecular complexity index is 630. The number of aliphatic hydroxyl groups is 1. The van der Waals surface area contributed by atoms with Crippen LogP contribution in [-0.4, -0.2) is 10.1 Å². The van der Waals surface area contributed by atoms with Crippen molar-refractivity contribution in [1.29, 1.82) is 0 Å². The first-order valence-corrected chi connectivity index (χ1v) is 7.30. The highest BCUT2D eigenvalue weighted by Crippen LogP contribution is 2.32. The van der Waals surface area contributed by atoms with Crippen LogP contribution >= 0.6 is 0 Å². The number of aromatic nitrogens is 1. The van der Waals surface area contributed by atoms with Gasteiger partial charge in [0.25, 0.3) is 0 Å². The number of fused-ring (bicyclic) bond motifs is 1. The number of benzene rings is 1. The fourth-order valence-corrected chi connectivity index (χ4v) is 2.38. The van der Waals surface area contributed by atoms with E-state index in [0.29, 0.717) is 0 Å². The molecule has 2 rings (SSSR count). The average Bonchev–Trinajstić information content (AvgIpc) is 2.34. The zero-order valence-corrected chi connectivity index (χ0v) is 13.4. The lowest BCUT2D eigenvalue weighted by atomic mass is 9.86. The molecule has 0 atom stereocenters. The number of pyridine rings is 1. The number of hydrogen-bond donors (Lipinski definition) is 1. The largest absolute Gasteiger partial charge is 0.386 e. The number of hydrogen-bond acceptors (Lipinski definition) is 2. The molecule has 0 saturated carbocycles. The molecule has 1 heterocycles. The molecule has 0 bridgehead atoms. The maximum absolute atomic E-state index is 10.5.